The number of aromatic nitrogens is 1. The number of anilines is 1. The summed E-state index contributed by atoms with van der Waals surface area (Å²) in [6, 6.07) is 10.4. The molecule has 0 bridgehead atoms. The number of aromatic carboxylic acids is 1. The summed E-state index contributed by atoms with van der Waals surface area (Å²) in [4.78, 5) is 28.0. The van der Waals surface area contributed by atoms with Gasteiger partial charge in [-0.2, -0.15) is 0 Å². The molecule has 0 saturated carbocycles. The fourth-order valence-electron chi connectivity index (χ4n) is 2.49. The van der Waals surface area contributed by atoms with Crippen LogP contribution in [0, 0.1) is 13.8 Å². The van der Waals surface area contributed by atoms with Gasteiger partial charge in [-0.15, -0.1) is 0 Å². The number of aryl methyl sites for hydroxylation is 2. The van der Waals surface area contributed by atoms with Crippen molar-refractivity contribution in [3.63, 3.8) is 0 Å². The van der Waals surface area contributed by atoms with E-state index in [1.54, 1.807) is 37.3 Å². The molecule has 0 radical (unpaired) electrons. The van der Waals surface area contributed by atoms with Crippen molar-refractivity contribution in [3.05, 3.63) is 59.0 Å². The predicted molar refractivity (Wildman–Crippen MR) is 84.8 cm³/mol. The zero-order valence-corrected chi connectivity index (χ0v) is 12.6. The number of carbonyl (C=O) groups is 2. The van der Waals surface area contributed by atoms with Gasteiger partial charge in [0.15, 0.2) is 0 Å². The molecular formula is C17H14N2O4. The van der Waals surface area contributed by atoms with Crippen LogP contribution in [0.4, 0.5) is 5.69 Å². The highest BCUT2D eigenvalue weighted by atomic mass is 16.4. The highest BCUT2D eigenvalue weighted by Crippen LogP contribution is 2.33. The molecule has 6 nitrogen and oxygen atoms in total. The fraction of sp³-hybridized carbons (Fsp3) is 0.118. The molecule has 0 spiro atoms. The van der Waals surface area contributed by atoms with Crippen LogP contribution in [0.15, 0.2) is 40.8 Å². The average Bonchev–Trinajstić information content (AvgIpc) is 2.87. The van der Waals surface area contributed by atoms with Gasteiger partial charge in [-0.05, 0) is 37.6 Å². The number of carbonyl (C=O) groups excluding carboxylic acids is 1. The van der Waals surface area contributed by atoms with Gasteiger partial charge in [-0.1, -0.05) is 18.2 Å². The zero-order chi connectivity index (χ0) is 16.6. The number of hydrogen-bond acceptors (Lipinski definition) is 4. The van der Waals surface area contributed by atoms with Crippen LogP contribution in [0.25, 0.3) is 11.1 Å². The van der Waals surface area contributed by atoms with Crippen LogP contribution in [0.5, 0.6) is 0 Å². The first-order chi connectivity index (χ1) is 11.0. The van der Waals surface area contributed by atoms with E-state index in [-0.39, 0.29) is 17.2 Å². The Morgan fingerprint density at radius 1 is 1.17 bits per heavy atom. The third kappa shape index (κ3) is 2.66. The molecule has 1 aromatic carbocycles. The first-order valence-electron chi connectivity index (χ1n) is 6.98. The van der Waals surface area contributed by atoms with Crippen LogP contribution in [0.3, 0.4) is 0 Å². The number of rotatable bonds is 3. The second-order valence-corrected chi connectivity index (χ2v) is 5.19. The minimum atomic E-state index is -1.26. The van der Waals surface area contributed by atoms with Crippen molar-refractivity contribution in [2.24, 2.45) is 0 Å². The van der Waals surface area contributed by atoms with Gasteiger partial charge in [-0.25, -0.2) is 9.78 Å². The van der Waals surface area contributed by atoms with Crippen molar-refractivity contribution in [1.82, 2.24) is 4.98 Å². The highest BCUT2D eigenvalue weighted by molar-refractivity contribution is 6.13. The average molecular weight is 310 g/mol. The molecule has 0 fully saturated rings. The molecule has 0 unspecified atom stereocenters. The SMILES string of the molecule is Cc1cc(C)c2c(NC(=O)c3ccccc3)c(C(=O)O)oc2n1. The summed E-state index contributed by atoms with van der Waals surface area (Å²) in [7, 11) is 0. The van der Waals surface area contributed by atoms with Crippen molar-refractivity contribution >= 4 is 28.7 Å². The maximum atomic E-state index is 12.3. The van der Waals surface area contributed by atoms with E-state index < -0.39 is 11.9 Å². The summed E-state index contributed by atoms with van der Waals surface area (Å²) in [6.07, 6.45) is 0. The molecule has 3 rings (SSSR count). The topological polar surface area (TPSA) is 92.4 Å². The first kappa shape index (κ1) is 14.8. The van der Waals surface area contributed by atoms with E-state index in [1.807, 2.05) is 13.0 Å². The summed E-state index contributed by atoms with van der Waals surface area (Å²) in [5, 5.41) is 12.5. The Kier molecular flexibility index (Phi) is 3.57. The van der Waals surface area contributed by atoms with E-state index in [4.69, 9.17) is 4.42 Å². The zero-order valence-electron chi connectivity index (χ0n) is 12.6. The van der Waals surface area contributed by atoms with Gasteiger partial charge in [0.05, 0.1) is 5.39 Å². The lowest BCUT2D eigenvalue weighted by Crippen LogP contribution is -2.14. The Labute approximate surface area is 131 Å². The van der Waals surface area contributed by atoms with Crippen molar-refractivity contribution in [3.8, 4) is 0 Å². The number of hydrogen-bond donors (Lipinski definition) is 2. The number of benzene rings is 1. The van der Waals surface area contributed by atoms with Gasteiger partial charge >= 0.3 is 5.97 Å². The number of nitrogens with one attached hydrogen (secondary N) is 1. The monoisotopic (exact) mass is 310 g/mol. The number of carboxylic acid groups (broad SMARTS) is 1. The maximum Gasteiger partial charge on any atom is 0.374 e. The Morgan fingerprint density at radius 2 is 1.87 bits per heavy atom. The smallest absolute Gasteiger partial charge is 0.374 e. The van der Waals surface area contributed by atoms with E-state index in [2.05, 4.69) is 10.3 Å². The molecule has 1 amide bonds. The van der Waals surface area contributed by atoms with E-state index in [9.17, 15) is 14.7 Å². The van der Waals surface area contributed by atoms with Gasteiger partial charge in [0.1, 0.15) is 5.69 Å². The first-order valence-corrected chi connectivity index (χ1v) is 6.98. The van der Waals surface area contributed by atoms with Gasteiger partial charge in [0.25, 0.3) is 5.91 Å². The van der Waals surface area contributed by atoms with Crippen molar-refractivity contribution in [1.29, 1.82) is 0 Å². The lowest BCUT2D eigenvalue weighted by Gasteiger charge is -2.06. The minimum Gasteiger partial charge on any atom is -0.475 e. The summed E-state index contributed by atoms with van der Waals surface area (Å²) in [6.45, 7) is 3.61. The van der Waals surface area contributed by atoms with Crippen LogP contribution in [0.1, 0.15) is 32.2 Å². The predicted octanol–water partition coefficient (Wildman–Crippen LogP) is 3.40. The summed E-state index contributed by atoms with van der Waals surface area (Å²) < 4.78 is 5.33. The third-order valence-electron chi connectivity index (χ3n) is 3.46. The molecule has 6 heteroatoms. The molecule has 0 aliphatic carbocycles. The summed E-state index contributed by atoms with van der Waals surface area (Å²) in [5.74, 6) is -2.00. The molecule has 2 heterocycles. The van der Waals surface area contributed by atoms with Crippen molar-refractivity contribution < 1.29 is 19.1 Å². The van der Waals surface area contributed by atoms with Crippen LogP contribution in [0.2, 0.25) is 0 Å². The second-order valence-electron chi connectivity index (χ2n) is 5.19. The molecular weight excluding hydrogens is 296 g/mol. The lowest BCUT2D eigenvalue weighted by atomic mass is 10.1. The Hall–Kier alpha value is -3.15. The standard InChI is InChI=1S/C17H14N2O4/c1-9-8-10(2)18-16-12(9)13(14(23-16)17(21)22)19-15(20)11-6-4-3-5-7-11/h3-8H,1-2H3,(H,19,20)(H,21,22). The van der Waals surface area contributed by atoms with E-state index in [0.29, 0.717) is 16.6 Å². The normalized spacial score (nSPS) is 10.7. The van der Waals surface area contributed by atoms with Gasteiger partial charge in [0.2, 0.25) is 11.5 Å². The Morgan fingerprint density at radius 3 is 2.52 bits per heavy atom. The van der Waals surface area contributed by atoms with Crippen LogP contribution in [-0.4, -0.2) is 22.0 Å². The quantitative estimate of drug-likeness (QED) is 0.773. The molecule has 0 aliphatic rings. The molecule has 23 heavy (non-hydrogen) atoms. The summed E-state index contributed by atoms with van der Waals surface area (Å²) in [5.41, 5.74) is 2.25. The molecule has 0 saturated heterocycles. The second kappa shape index (κ2) is 5.57. The number of nitrogens with zero attached hydrogens (tertiary/aromatic N) is 1. The molecule has 116 valence electrons. The van der Waals surface area contributed by atoms with Gasteiger partial charge in [-0.3, -0.25) is 4.79 Å². The molecule has 3 aromatic rings. The molecule has 0 aliphatic heterocycles. The van der Waals surface area contributed by atoms with Gasteiger partial charge < -0.3 is 14.8 Å². The van der Waals surface area contributed by atoms with E-state index in [0.717, 1.165) is 5.56 Å². The summed E-state index contributed by atoms with van der Waals surface area (Å²) >= 11 is 0. The molecule has 2 aromatic heterocycles. The van der Waals surface area contributed by atoms with Crippen LogP contribution < -0.4 is 5.32 Å². The van der Waals surface area contributed by atoms with Crippen LogP contribution in [-0.2, 0) is 0 Å². The minimum absolute atomic E-state index is 0.131. The largest absolute Gasteiger partial charge is 0.475 e. The number of furan rings is 1. The van der Waals surface area contributed by atoms with Crippen LogP contribution >= 0.6 is 0 Å². The lowest BCUT2D eigenvalue weighted by molar-refractivity contribution is 0.0666. The Bertz CT molecular complexity index is 913. The van der Waals surface area contributed by atoms with Gasteiger partial charge in [0, 0.05) is 11.3 Å². The number of amides is 1. The number of fused-ring (bicyclic) bond motifs is 1. The van der Waals surface area contributed by atoms with Crippen molar-refractivity contribution in [2.45, 2.75) is 13.8 Å². The maximum absolute atomic E-state index is 12.3. The van der Waals surface area contributed by atoms with E-state index >= 15 is 0 Å². The molecule has 0 atom stereocenters. The Balaban J connectivity index is 2.14. The fourth-order valence-corrected chi connectivity index (χ4v) is 2.49. The van der Waals surface area contributed by atoms with E-state index in [1.165, 1.54) is 0 Å². The third-order valence-corrected chi connectivity index (χ3v) is 3.46. The highest BCUT2D eigenvalue weighted by Gasteiger charge is 2.24. The number of carboxylic acids is 1. The van der Waals surface area contributed by atoms with Crippen molar-refractivity contribution in [2.75, 3.05) is 5.32 Å². The number of pyridine rings is 1. The molecule has 2 N–H and O–H groups in total.